The van der Waals surface area contributed by atoms with Gasteiger partial charge in [0.05, 0.1) is 5.92 Å². The number of rotatable bonds is 3. The summed E-state index contributed by atoms with van der Waals surface area (Å²) in [5.41, 5.74) is 0.974. The highest BCUT2D eigenvalue weighted by Gasteiger charge is 2.40. The highest BCUT2D eigenvalue weighted by Crippen LogP contribution is 2.26. The van der Waals surface area contributed by atoms with Crippen molar-refractivity contribution in [2.75, 3.05) is 4.90 Å². The van der Waals surface area contributed by atoms with Gasteiger partial charge in [-0.2, -0.15) is 0 Å². The molecule has 1 aromatic heterocycles. The first kappa shape index (κ1) is 13.7. The first-order valence-electron chi connectivity index (χ1n) is 6.53. The van der Waals surface area contributed by atoms with Crippen molar-refractivity contribution in [1.82, 2.24) is 9.97 Å². The van der Waals surface area contributed by atoms with E-state index in [1.54, 1.807) is 18.2 Å². The molecule has 6 heteroatoms. The van der Waals surface area contributed by atoms with Gasteiger partial charge in [-0.1, -0.05) is 23.7 Å². The number of carbonyl (C=O) groups excluding carboxylic acids is 2. The molecule has 0 aliphatic carbocycles. The van der Waals surface area contributed by atoms with Gasteiger partial charge in [0, 0.05) is 23.8 Å². The van der Waals surface area contributed by atoms with Crippen molar-refractivity contribution >= 4 is 29.4 Å². The van der Waals surface area contributed by atoms with E-state index in [1.807, 2.05) is 12.1 Å². The van der Waals surface area contributed by atoms with Gasteiger partial charge in [-0.15, -0.1) is 0 Å². The van der Waals surface area contributed by atoms with Crippen molar-refractivity contribution in [2.45, 2.75) is 12.8 Å². The molecular formula is C15H12ClN3O2. The smallest absolute Gasteiger partial charge is 0.240 e. The van der Waals surface area contributed by atoms with Crippen LogP contribution in [0.5, 0.6) is 0 Å². The molecule has 2 heterocycles. The Morgan fingerprint density at radius 2 is 1.81 bits per heavy atom. The highest BCUT2D eigenvalue weighted by molar-refractivity contribution is 6.30. The lowest BCUT2D eigenvalue weighted by Crippen LogP contribution is -2.32. The van der Waals surface area contributed by atoms with Gasteiger partial charge in [-0.3, -0.25) is 9.59 Å². The number of amides is 2. The molecule has 1 unspecified atom stereocenters. The zero-order valence-corrected chi connectivity index (χ0v) is 11.8. The molecule has 1 saturated heterocycles. The normalized spacial score (nSPS) is 18.3. The quantitative estimate of drug-likeness (QED) is 0.816. The van der Waals surface area contributed by atoms with Crippen molar-refractivity contribution < 1.29 is 9.59 Å². The molecule has 0 saturated carbocycles. The van der Waals surface area contributed by atoms with Crippen LogP contribution >= 0.6 is 11.6 Å². The van der Waals surface area contributed by atoms with Gasteiger partial charge in [-0.05, 0) is 30.2 Å². The van der Waals surface area contributed by atoms with E-state index in [1.165, 1.54) is 12.4 Å². The van der Waals surface area contributed by atoms with Crippen molar-refractivity contribution in [3.8, 4) is 0 Å². The van der Waals surface area contributed by atoms with Gasteiger partial charge >= 0.3 is 0 Å². The predicted octanol–water partition coefficient (Wildman–Crippen LogP) is 2.25. The number of hydrogen-bond acceptors (Lipinski definition) is 4. The topological polar surface area (TPSA) is 63.2 Å². The minimum absolute atomic E-state index is 0.145. The minimum Gasteiger partial charge on any atom is -0.274 e. The standard InChI is InChI=1S/C15H12ClN3O2/c16-12-4-2-10(3-5-12)8-11-9-13(20)19(14(11)21)15-17-6-1-7-18-15/h1-7,11H,8-9H2. The SMILES string of the molecule is O=C1CC(Cc2ccc(Cl)cc2)C(=O)N1c1ncccn1. The van der Waals surface area contributed by atoms with E-state index < -0.39 is 0 Å². The third kappa shape index (κ3) is 2.78. The largest absolute Gasteiger partial charge is 0.274 e. The van der Waals surface area contributed by atoms with Crippen LogP contribution in [-0.4, -0.2) is 21.8 Å². The van der Waals surface area contributed by atoms with Gasteiger partial charge in [0.15, 0.2) is 0 Å². The van der Waals surface area contributed by atoms with Crippen LogP contribution in [0, 0.1) is 5.92 Å². The molecule has 1 aliphatic heterocycles. The number of aromatic nitrogens is 2. The fourth-order valence-corrected chi connectivity index (χ4v) is 2.50. The average Bonchev–Trinajstić information content (AvgIpc) is 2.77. The lowest BCUT2D eigenvalue weighted by Gasteiger charge is -2.12. The lowest BCUT2D eigenvalue weighted by molar-refractivity contribution is -0.122. The Hall–Kier alpha value is -2.27. The number of benzene rings is 1. The van der Waals surface area contributed by atoms with Crippen molar-refractivity contribution in [3.63, 3.8) is 0 Å². The second kappa shape index (κ2) is 5.61. The first-order valence-corrected chi connectivity index (χ1v) is 6.91. The molecule has 2 aromatic rings. The van der Waals surface area contributed by atoms with E-state index in [4.69, 9.17) is 11.6 Å². The van der Waals surface area contributed by atoms with Crippen molar-refractivity contribution in [1.29, 1.82) is 0 Å². The summed E-state index contributed by atoms with van der Waals surface area (Å²) >= 11 is 5.84. The van der Waals surface area contributed by atoms with Gasteiger partial charge in [0.2, 0.25) is 17.8 Å². The van der Waals surface area contributed by atoms with Crippen LogP contribution in [0.1, 0.15) is 12.0 Å². The van der Waals surface area contributed by atoms with E-state index in [2.05, 4.69) is 9.97 Å². The Kier molecular flexibility index (Phi) is 3.66. The number of nitrogens with zero attached hydrogens (tertiary/aromatic N) is 3. The number of halogens is 1. The Bertz CT molecular complexity index is 673. The number of anilines is 1. The molecule has 0 bridgehead atoms. The maximum absolute atomic E-state index is 12.4. The lowest BCUT2D eigenvalue weighted by atomic mass is 9.98. The molecule has 2 amide bonds. The minimum atomic E-state index is -0.373. The second-order valence-corrected chi connectivity index (χ2v) is 5.28. The summed E-state index contributed by atoms with van der Waals surface area (Å²) in [5, 5.41) is 0.645. The molecule has 0 spiro atoms. The number of carbonyl (C=O) groups is 2. The molecule has 1 atom stereocenters. The zero-order valence-electron chi connectivity index (χ0n) is 11.1. The molecule has 1 aromatic carbocycles. The predicted molar refractivity (Wildman–Crippen MR) is 77.8 cm³/mol. The third-order valence-electron chi connectivity index (χ3n) is 3.39. The summed E-state index contributed by atoms with van der Waals surface area (Å²) in [5.74, 6) is -0.736. The third-order valence-corrected chi connectivity index (χ3v) is 3.64. The Balaban J connectivity index is 1.79. The van der Waals surface area contributed by atoms with Gasteiger partial charge in [0.25, 0.3) is 0 Å². The Labute approximate surface area is 126 Å². The van der Waals surface area contributed by atoms with Gasteiger partial charge in [0.1, 0.15) is 0 Å². The van der Waals surface area contributed by atoms with Gasteiger partial charge < -0.3 is 0 Å². The summed E-state index contributed by atoms with van der Waals surface area (Å²) in [7, 11) is 0. The zero-order chi connectivity index (χ0) is 14.8. The molecule has 21 heavy (non-hydrogen) atoms. The van der Waals surface area contributed by atoms with E-state index in [-0.39, 0.29) is 30.1 Å². The van der Waals surface area contributed by atoms with Crippen LogP contribution in [0.3, 0.4) is 0 Å². The summed E-state index contributed by atoms with van der Waals surface area (Å²) in [6, 6.07) is 8.91. The summed E-state index contributed by atoms with van der Waals surface area (Å²) < 4.78 is 0. The van der Waals surface area contributed by atoms with Crippen LogP contribution in [0.25, 0.3) is 0 Å². The van der Waals surface area contributed by atoms with E-state index >= 15 is 0 Å². The number of imide groups is 1. The van der Waals surface area contributed by atoms with Crippen molar-refractivity contribution in [2.24, 2.45) is 5.92 Å². The average molecular weight is 302 g/mol. The van der Waals surface area contributed by atoms with Crippen LogP contribution in [0.15, 0.2) is 42.7 Å². The first-order chi connectivity index (χ1) is 10.1. The second-order valence-electron chi connectivity index (χ2n) is 4.85. The molecule has 5 nitrogen and oxygen atoms in total. The summed E-state index contributed by atoms with van der Waals surface area (Å²) in [6.07, 6.45) is 3.70. The maximum atomic E-state index is 12.4. The van der Waals surface area contributed by atoms with Crippen LogP contribution < -0.4 is 4.90 Å². The fourth-order valence-electron chi connectivity index (χ4n) is 2.38. The van der Waals surface area contributed by atoms with E-state index in [0.717, 1.165) is 10.5 Å². The molecule has 0 N–H and O–H groups in total. The van der Waals surface area contributed by atoms with Gasteiger partial charge in [-0.25, -0.2) is 14.9 Å². The molecule has 0 radical (unpaired) electrons. The highest BCUT2D eigenvalue weighted by atomic mass is 35.5. The number of hydrogen-bond donors (Lipinski definition) is 0. The van der Waals surface area contributed by atoms with Crippen LogP contribution in [0.2, 0.25) is 5.02 Å². The molecule has 106 valence electrons. The maximum Gasteiger partial charge on any atom is 0.240 e. The van der Waals surface area contributed by atoms with Crippen LogP contribution in [0.4, 0.5) is 5.95 Å². The van der Waals surface area contributed by atoms with E-state index in [0.29, 0.717) is 11.4 Å². The Morgan fingerprint density at radius 3 is 2.48 bits per heavy atom. The molecule has 3 rings (SSSR count). The Morgan fingerprint density at radius 1 is 1.14 bits per heavy atom. The molecular weight excluding hydrogens is 290 g/mol. The molecule has 1 fully saturated rings. The van der Waals surface area contributed by atoms with E-state index in [9.17, 15) is 9.59 Å². The fraction of sp³-hybridized carbons (Fsp3) is 0.200. The summed E-state index contributed by atoms with van der Waals surface area (Å²) in [4.78, 5) is 33.4. The monoisotopic (exact) mass is 301 g/mol. The summed E-state index contributed by atoms with van der Waals surface area (Å²) in [6.45, 7) is 0. The van der Waals surface area contributed by atoms with Crippen LogP contribution in [-0.2, 0) is 16.0 Å². The van der Waals surface area contributed by atoms with Crippen molar-refractivity contribution in [3.05, 3.63) is 53.3 Å². The molecule has 1 aliphatic rings.